The van der Waals surface area contributed by atoms with Crippen LogP contribution in [0.25, 0.3) is 22.3 Å². The number of carbonyl (C=O) groups is 1. The average molecular weight is 364 g/mol. The first kappa shape index (κ1) is 16.8. The Morgan fingerprint density at radius 2 is 1.89 bits per heavy atom. The van der Waals surface area contributed by atoms with Crippen molar-refractivity contribution in [2.45, 2.75) is 0 Å². The number of pyridine rings is 1. The lowest BCUT2D eigenvalue weighted by molar-refractivity contribution is 0.102. The maximum absolute atomic E-state index is 13.9. The molecule has 0 unspecified atom stereocenters. The number of aryl methyl sites for hydroxylation is 1. The molecule has 7 heteroatoms. The third-order valence-electron chi connectivity index (χ3n) is 4.19. The number of rotatable bonds is 3. The molecule has 1 amide bonds. The summed E-state index contributed by atoms with van der Waals surface area (Å²) in [6.45, 7) is 0. The van der Waals surface area contributed by atoms with Crippen LogP contribution in [0.15, 0.2) is 60.8 Å². The molecule has 4 rings (SSSR count). The number of carbonyl (C=O) groups excluding carboxylic acids is 1. The summed E-state index contributed by atoms with van der Waals surface area (Å²) in [5.74, 6) is -1.44. The van der Waals surface area contributed by atoms with E-state index in [1.54, 1.807) is 37.4 Å². The van der Waals surface area contributed by atoms with Gasteiger partial charge in [0.2, 0.25) is 0 Å². The van der Waals surface area contributed by atoms with E-state index in [0.29, 0.717) is 22.3 Å². The molecular formula is C20H14F2N4O. The molecule has 2 heterocycles. The summed E-state index contributed by atoms with van der Waals surface area (Å²) in [5, 5.41) is 7.23. The lowest BCUT2D eigenvalue weighted by atomic mass is 10.1. The zero-order valence-corrected chi connectivity index (χ0v) is 14.3. The first-order valence-corrected chi connectivity index (χ1v) is 8.17. The predicted molar refractivity (Wildman–Crippen MR) is 98.3 cm³/mol. The zero-order chi connectivity index (χ0) is 19.0. The van der Waals surface area contributed by atoms with Gasteiger partial charge in [0.05, 0.1) is 28.5 Å². The van der Waals surface area contributed by atoms with Gasteiger partial charge in [-0.3, -0.25) is 9.48 Å². The number of nitrogens with zero attached hydrogens (tertiary/aromatic N) is 3. The molecule has 0 fully saturated rings. The van der Waals surface area contributed by atoms with Gasteiger partial charge in [-0.1, -0.05) is 24.3 Å². The van der Waals surface area contributed by atoms with Gasteiger partial charge in [-0.15, -0.1) is 0 Å². The van der Waals surface area contributed by atoms with Crippen LogP contribution in [0.5, 0.6) is 0 Å². The molecule has 0 aliphatic rings. The molecule has 4 aromatic rings. The third kappa shape index (κ3) is 3.15. The molecule has 0 saturated heterocycles. The molecule has 1 N–H and O–H groups in total. The maximum Gasteiger partial charge on any atom is 0.256 e. The number of hydrogen-bond acceptors (Lipinski definition) is 3. The highest BCUT2D eigenvalue weighted by Crippen LogP contribution is 2.26. The normalized spacial score (nSPS) is 10.9. The fourth-order valence-corrected chi connectivity index (χ4v) is 2.85. The molecular weight excluding hydrogens is 350 g/mol. The molecule has 134 valence electrons. The van der Waals surface area contributed by atoms with E-state index in [1.807, 2.05) is 0 Å². The molecule has 0 atom stereocenters. The Morgan fingerprint density at radius 1 is 1.07 bits per heavy atom. The van der Waals surface area contributed by atoms with Crippen molar-refractivity contribution in [3.8, 4) is 11.3 Å². The summed E-state index contributed by atoms with van der Waals surface area (Å²) in [5.41, 5.74) is 1.76. The van der Waals surface area contributed by atoms with E-state index in [2.05, 4.69) is 15.4 Å². The fraction of sp³-hybridized carbons (Fsp3) is 0.0500. The van der Waals surface area contributed by atoms with Gasteiger partial charge in [0.1, 0.15) is 11.6 Å². The number of aromatic nitrogens is 3. The molecule has 0 aliphatic carbocycles. The van der Waals surface area contributed by atoms with Gasteiger partial charge in [0, 0.05) is 12.6 Å². The Morgan fingerprint density at radius 3 is 2.67 bits per heavy atom. The van der Waals surface area contributed by atoms with Gasteiger partial charge in [0.25, 0.3) is 5.91 Å². The summed E-state index contributed by atoms with van der Waals surface area (Å²) >= 11 is 0. The number of para-hydroxylation sites is 1. The molecule has 0 bridgehead atoms. The van der Waals surface area contributed by atoms with Crippen molar-refractivity contribution in [1.29, 1.82) is 0 Å². The van der Waals surface area contributed by atoms with Gasteiger partial charge in [-0.05, 0) is 30.3 Å². The quantitative estimate of drug-likeness (QED) is 0.594. The summed E-state index contributed by atoms with van der Waals surface area (Å²) in [6.07, 6.45) is 1.52. The number of nitrogens with one attached hydrogen (secondary N) is 1. The summed E-state index contributed by atoms with van der Waals surface area (Å²) in [4.78, 5) is 17.3. The van der Waals surface area contributed by atoms with Crippen LogP contribution in [0.1, 0.15) is 10.4 Å². The largest absolute Gasteiger partial charge is 0.319 e. The first-order chi connectivity index (χ1) is 13.0. The molecule has 0 saturated carbocycles. The van der Waals surface area contributed by atoms with Gasteiger partial charge < -0.3 is 5.32 Å². The van der Waals surface area contributed by atoms with Crippen LogP contribution in [-0.4, -0.2) is 20.7 Å². The molecule has 0 spiro atoms. The van der Waals surface area contributed by atoms with Gasteiger partial charge >= 0.3 is 0 Å². The monoisotopic (exact) mass is 364 g/mol. The van der Waals surface area contributed by atoms with Crippen LogP contribution < -0.4 is 5.32 Å². The fourth-order valence-electron chi connectivity index (χ4n) is 2.85. The van der Waals surface area contributed by atoms with E-state index in [9.17, 15) is 13.6 Å². The Balaban J connectivity index is 1.84. The Kier molecular flexibility index (Phi) is 4.12. The van der Waals surface area contributed by atoms with Crippen molar-refractivity contribution in [3.05, 3.63) is 78.0 Å². The Labute approximate surface area is 153 Å². The van der Waals surface area contributed by atoms with E-state index < -0.39 is 17.5 Å². The van der Waals surface area contributed by atoms with Crippen molar-refractivity contribution in [2.75, 3.05) is 5.32 Å². The van der Waals surface area contributed by atoms with Crippen molar-refractivity contribution >= 4 is 22.6 Å². The molecule has 0 aliphatic heterocycles. The van der Waals surface area contributed by atoms with E-state index >= 15 is 0 Å². The van der Waals surface area contributed by atoms with Crippen LogP contribution in [0.4, 0.5) is 14.5 Å². The minimum Gasteiger partial charge on any atom is -0.319 e. The highest BCUT2D eigenvalue weighted by Gasteiger charge is 2.18. The average Bonchev–Trinajstić information content (AvgIpc) is 3.04. The SMILES string of the molecule is Cn1ncc2c(C(=O)Nc3ccccc3F)cc(-c3cccc(F)c3)nc21. The van der Waals surface area contributed by atoms with Gasteiger partial charge in [-0.2, -0.15) is 5.10 Å². The Hall–Kier alpha value is -3.61. The van der Waals surface area contributed by atoms with Crippen molar-refractivity contribution in [2.24, 2.45) is 7.05 Å². The highest BCUT2D eigenvalue weighted by molar-refractivity contribution is 6.12. The number of amides is 1. The lowest BCUT2D eigenvalue weighted by Crippen LogP contribution is -2.14. The highest BCUT2D eigenvalue weighted by atomic mass is 19.1. The molecule has 0 radical (unpaired) electrons. The summed E-state index contributed by atoms with van der Waals surface area (Å²) < 4.78 is 29.0. The summed E-state index contributed by atoms with van der Waals surface area (Å²) in [6, 6.07) is 13.4. The molecule has 5 nitrogen and oxygen atoms in total. The number of benzene rings is 2. The minimum absolute atomic E-state index is 0.0728. The van der Waals surface area contributed by atoms with Crippen LogP contribution in [0.2, 0.25) is 0 Å². The maximum atomic E-state index is 13.9. The summed E-state index contributed by atoms with van der Waals surface area (Å²) in [7, 11) is 1.70. The van der Waals surface area contributed by atoms with Gasteiger partial charge in [0.15, 0.2) is 5.65 Å². The van der Waals surface area contributed by atoms with E-state index in [4.69, 9.17) is 0 Å². The first-order valence-electron chi connectivity index (χ1n) is 8.17. The van der Waals surface area contributed by atoms with E-state index in [-0.39, 0.29) is 11.3 Å². The van der Waals surface area contributed by atoms with Crippen molar-refractivity contribution in [1.82, 2.24) is 14.8 Å². The zero-order valence-electron chi connectivity index (χ0n) is 14.3. The Bertz CT molecular complexity index is 1170. The second kappa shape index (κ2) is 6.60. The van der Waals surface area contributed by atoms with Crippen molar-refractivity contribution < 1.29 is 13.6 Å². The second-order valence-corrected chi connectivity index (χ2v) is 6.00. The number of anilines is 1. The number of fused-ring (bicyclic) bond motifs is 1. The van der Waals surface area contributed by atoms with Crippen molar-refractivity contribution in [3.63, 3.8) is 0 Å². The van der Waals surface area contributed by atoms with Crippen LogP contribution in [0.3, 0.4) is 0 Å². The standard InChI is InChI=1S/C20H14F2N4O/c1-26-19-15(11-23-26)14(20(27)25-17-8-3-2-7-16(17)22)10-18(24-19)12-5-4-6-13(21)9-12/h2-11H,1H3,(H,25,27). The van der Waals surface area contributed by atoms with E-state index in [0.717, 1.165) is 0 Å². The van der Waals surface area contributed by atoms with Crippen LogP contribution >= 0.6 is 0 Å². The third-order valence-corrected chi connectivity index (χ3v) is 4.19. The lowest BCUT2D eigenvalue weighted by Gasteiger charge is -2.09. The number of halogens is 2. The molecule has 2 aromatic carbocycles. The van der Waals surface area contributed by atoms with Crippen LogP contribution in [-0.2, 0) is 7.05 Å². The predicted octanol–water partition coefficient (Wildman–Crippen LogP) is 4.17. The molecule has 27 heavy (non-hydrogen) atoms. The smallest absolute Gasteiger partial charge is 0.256 e. The van der Waals surface area contributed by atoms with E-state index in [1.165, 1.54) is 35.1 Å². The topological polar surface area (TPSA) is 59.8 Å². The minimum atomic E-state index is -0.535. The number of hydrogen-bond donors (Lipinski definition) is 1. The second-order valence-electron chi connectivity index (χ2n) is 6.00. The van der Waals surface area contributed by atoms with Crippen LogP contribution in [0, 0.1) is 11.6 Å². The molecule has 2 aromatic heterocycles. The van der Waals surface area contributed by atoms with Gasteiger partial charge in [-0.25, -0.2) is 13.8 Å².